The fourth-order valence-corrected chi connectivity index (χ4v) is 3.37. The molecule has 1 N–H and O–H groups in total. The normalized spacial score (nSPS) is 14.9. The van der Waals surface area contributed by atoms with Crippen molar-refractivity contribution in [2.45, 2.75) is 26.9 Å². The second-order valence-electron chi connectivity index (χ2n) is 6.96. The molecule has 1 atom stereocenters. The third-order valence-corrected chi connectivity index (χ3v) is 4.71. The van der Waals surface area contributed by atoms with E-state index in [4.69, 9.17) is 19.3 Å². The number of fused-ring (bicyclic) bond motifs is 1. The molecule has 7 nitrogen and oxygen atoms in total. The number of carbonyl (C=O) groups is 2. The maximum Gasteiger partial charge on any atom is 0.341 e. The van der Waals surface area contributed by atoms with Gasteiger partial charge in [0.15, 0.2) is 24.2 Å². The number of hydrogen-bond acceptors (Lipinski definition) is 5. The van der Waals surface area contributed by atoms with Gasteiger partial charge in [-0.2, -0.15) is 0 Å². The van der Waals surface area contributed by atoms with Crippen LogP contribution in [0.3, 0.4) is 0 Å². The summed E-state index contributed by atoms with van der Waals surface area (Å²) in [4.78, 5) is 25.5. The first kappa shape index (κ1) is 20.5. The predicted molar refractivity (Wildman–Crippen MR) is 107 cm³/mol. The lowest BCUT2D eigenvalue weighted by molar-refractivity contribution is -0.139. The largest absolute Gasteiger partial charge is 0.486 e. The van der Waals surface area contributed by atoms with Crippen molar-refractivity contribution in [1.82, 2.24) is 4.90 Å². The second-order valence-corrected chi connectivity index (χ2v) is 6.96. The van der Waals surface area contributed by atoms with Crippen LogP contribution in [0.4, 0.5) is 0 Å². The van der Waals surface area contributed by atoms with Crippen LogP contribution >= 0.6 is 0 Å². The number of ether oxygens (including phenoxy) is 3. The molecule has 0 radical (unpaired) electrons. The smallest absolute Gasteiger partial charge is 0.341 e. The molecule has 1 amide bonds. The summed E-state index contributed by atoms with van der Waals surface area (Å²) in [6.07, 6.45) is -0.255. The molecule has 2 aromatic carbocycles. The van der Waals surface area contributed by atoms with Crippen molar-refractivity contribution in [3.8, 4) is 17.2 Å². The van der Waals surface area contributed by atoms with Crippen LogP contribution in [0.25, 0.3) is 0 Å². The van der Waals surface area contributed by atoms with Gasteiger partial charge in [-0.25, -0.2) is 4.79 Å². The monoisotopic (exact) mass is 399 g/mol. The van der Waals surface area contributed by atoms with Gasteiger partial charge in [-0.05, 0) is 56.2 Å². The van der Waals surface area contributed by atoms with Gasteiger partial charge >= 0.3 is 5.97 Å². The Hall–Kier alpha value is -3.22. The Kier molecular flexibility index (Phi) is 6.26. The van der Waals surface area contributed by atoms with Crippen molar-refractivity contribution in [3.05, 3.63) is 53.1 Å². The Bertz CT molecular complexity index is 887. The van der Waals surface area contributed by atoms with Crippen molar-refractivity contribution < 1.29 is 28.9 Å². The van der Waals surface area contributed by atoms with Crippen LogP contribution in [0.5, 0.6) is 17.2 Å². The molecule has 0 spiro atoms. The molecule has 0 aliphatic carbocycles. The molecule has 29 heavy (non-hydrogen) atoms. The van der Waals surface area contributed by atoms with E-state index in [1.807, 2.05) is 31.2 Å². The number of hydrogen-bond donors (Lipinski definition) is 1. The standard InChI is InChI=1S/C22H25NO6/c1-4-23(11-17-12-27-18-7-5-6-8-19(18)29-17)22(26)16-9-14(2)21(15(3)10-16)28-13-20(24)25/h5-10,17H,4,11-13H2,1-3H3,(H,24,25). The lowest BCUT2D eigenvalue weighted by atomic mass is 10.0. The van der Waals surface area contributed by atoms with Crippen molar-refractivity contribution >= 4 is 11.9 Å². The van der Waals surface area contributed by atoms with Crippen LogP contribution in [0, 0.1) is 13.8 Å². The third kappa shape index (κ3) is 4.80. The second kappa shape index (κ2) is 8.86. The molecule has 1 heterocycles. The number of aliphatic carboxylic acids is 1. The number of carbonyl (C=O) groups excluding carboxylic acids is 1. The molecular formula is C22H25NO6. The van der Waals surface area contributed by atoms with Crippen LogP contribution in [-0.4, -0.2) is 54.3 Å². The van der Waals surface area contributed by atoms with Crippen molar-refractivity contribution in [2.75, 3.05) is 26.3 Å². The Labute approximate surface area is 169 Å². The number of amides is 1. The number of carboxylic acid groups (broad SMARTS) is 1. The van der Waals surface area contributed by atoms with Gasteiger partial charge < -0.3 is 24.2 Å². The first-order valence-electron chi connectivity index (χ1n) is 9.52. The summed E-state index contributed by atoms with van der Waals surface area (Å²) in [5.41, 5.74) is 1.97. The highest BCUT2D eigenvalue weighted by Gasteiger charge is 2.26. The first-order valence-corrected chi connectivity index (χ1v) is 9.52. The molecule has 0 fully saturated rings. The summed E-state index contributed by atoms with van der Waals surface area (Å²) >= 11 is 0. The minimum Gasteiger partial charge on any atom is -0.486 e. The maximum atomic E-state index is 13.1. The number of rotatable bonds is 7. The number of aryl methyl sites for hydroxylation is 2. The third-order valence-electron chi connectivity index (χ3n) is 4.71. The zero-order valence-corrected chi connectivity index (χ0v) is 16.8. The van der Waals surface area contributed by atoms with Gasteiger partial charge in [0, 0.05) is 12.1 Å². The number of nitrogens with zero attached hydrogens (tertiary/aromatic N) is 1. The van der Waals surface area contributed by atoms with Crippen LogP contribution in [-0.2, 0) is 4.79 Å². The number of benzene rings is 2. The molecule has 0 aromatic heterocycles. The van der Waals surface area contributed by atoms with Gasteiger partial charge in [-0.3, -0.25) is 4.79 Å². The summed E-state index contributed by atoms with van der Waals surface area (Å²) in [5, 5.41) is 8.81. The van der Waals surface area contributed by atoms with E-state index in [0.29, 0.717) is 42.5 Å². The van der Waals surface area contributed by atoms with Crippen LogP contribution < -0.4 is 14.2 Å². The molecule has 2 aromatic rings. The summed E-state index contributed by atoms with van der Waals surface area (Å²) in [7, 11) is 0. The highest BCUT2D eigenvalue weighted by Crippen LogP contribution is 2.31. The Balaban J connectivity index is 1.72. The summed E-state index contributed by atoms with van der Waals surface area (Å²) in [6, 6.07) is 10.9. The van der Waals surface area contributed by atoms with E-state index in [1.165, 1.54) is 0 Å². The lowest BCUT2D eigenvalue weighted by Gasteiger charge is -2.31. The summed E-state index contributed by atoms with van der Waals surface area (Å²) < 4.78 is 17.1. The molecular weight excluding hydrogens is 374 g/mol. The SMILES string of the molecule is CCN(CC1COc2ccccc2O1)C(=O)c1cc(C)c(OCC(=O)O)c(C)c1. The van der Waals surface area contributed by atoms with Gasteiger partial charge in [0.05, 0.1) is 6.54 Å². The fourth-order valence-electron chi connectivity index (χ4n) is 3.37. The molecule has 1 aliphatic rings. The zero-order valence-electron chi connectivity index (χ0n) is 16.8. The Morgan fingerprint density at radius 3 is 2.45 bits per heavy atom. The highest BCUT2D eigenvalue weighted by atomic mass is 16.6. The van der Waals surface area contributed by atoms with Crippen molar-refractivity contribution in [3.63, 3.8) is 0 Å². The molecule has 3 rings (SSSR count). The average Bonchev–Trinajstić information content (AvgIpc) is 2.70. The van der Waals surface area contributed by atoms with Crippen LogP contribution in [0.2, 0.25) is 0 Å². The van der Waals surface area contributed by atoms with Crippen molar-refractivity contribution in [2.24, 2.45) is 0 Å². The minimum atomic E-state index is -1.04. The minimum absolute atomic E-state index is 0.119. The number of carboxylic acids is 1. The average molecular weight is 399 g/mol. The Morgan fingerprint density at radius 2 is 1.83 bits per heavy atom. The fraction of sp³-hybridized carbons (Fsp3) is 0.364. The molecule has 0 saturated carbocycles. The maximum absolute atomic E-state index is 13.1. The molecule has 7 heteroatoms. The lowest BCUT2D eigenvalue weighted by Crippen LogP contribution is -2.43. The first-order chi connectivity index (χ1) is 13.9. The van der Waals surface area contributed by atoms with E-state index < -0.39 is 12.6 Å². The van der Waals surface area contributed by atoms with E-state index >= 15 is 0 Å². The van der Waals surface area contributed by atoms with Gasteiger partial charge in [-0.1, -0.05) is 12.1 Å². The van der Waals surface area contributed by atoms with Crippen LogP contribution in [0.1, 0.15) is 28.4 Å². The topological polar surface area (TPSA) is 85.3 Å². The molecule has 0 bridgehead atoms. The molecule has 0 saturated heterocycles. The Morgan fingerprint density at radius 1 is 1.17 bits per heavy atom. The highest BCUT2D eigenvalue weighted by molar-refractivity contribution is 5.95. The van der Waals surface area contributed by atoms with E-state index in [1.54, 1.807) is 30.9 Å². The van der Waals surface area contributed by atoms with Crippen molar-refractivity contribution in [1.29, 1.82) is 0 Å². The van der Waals surface area contributed by atoms with Gasteiger partial charge in [0.1, 0.15) is 12.4 Å². The summed E-state index contributed by atoms with van der Waals surface area (Å²) in [6.45, 7) is 6.39. The van der Waals surface area contributed by atoms with Gasteiger partial charge in [0.2, 0.25) is 0 Å². The van der Waals surface area contributed by atoms with Gasteiger partial charge in [0.25, 0.3) is 5.91 Å². The van der Waals surface area contributed by atoms with Gasteiger partial charge in [-0.15, -0.1) is 0 Å². The van der Waals surface area contributed by atoms with E-state index in [2.05, 4.69) is 0 Å². The van der Waals surface area contributed by atoms with E-state index in [9.17, 15) is 9.59 Å². The van der Waals surface area contributed by atoms with Crippen LogP contribution in [0.15, 0.2) is 36.4 Å². The number of para-hydroxylation sites is 2. The molecule has 1 aliphatic heterocycles. The zero-order chi connectivity index (χ0) is 21.0. The predicted octanol–water partition coefficient (Wildman–Crippen LogP) is 3.07. The summed E-state index contributed by atoms with van der Waals surface area (Å²) in [5.74, 6) is 0.719. The molecule has 154 valence electrons. The van der Waals surface area contributed by atoms with E-state index in [-0.39, 0.29) is 12.0 Å². The van der Waals surface area contributed by atoms with E-state index in [0.717, 1.165) is 11.1 Å². The molecule has 1 unspecified atom stereocenters. The number of likely N-dealkylation sites (N-methyl/N-ethyl adjacent to an activating group) is 1. The quantitative estimate of drug-likeness (QED) is 0.770.